The summed E-state index contributed by atoms with van der Waals surface area (Å²) in [6.45, 7) is 12.3. The topological polar surface area (TPSA) is 105 Å². The molecule has 3 aromatic carbocycles. The lowest BCUT2D eigenvalue weighted by Crippen LogP contribution is -2.46. The van der Waals surface area contributed by atoms with E-state index in [1.807, 2.05) is 36.4 Å². The second-order valence-corrected chi connectivity index (χ2v) is 14.2. The second-order valence-electron chi connectivity index (χ2n) is 14.2. The number of nitrogens with zero attached hydrogens (tertiary/aromatic N) is 8. The molecular weight excluding hydrogens is 682 g/mol. The van der Waals surface area contributed by atoms with Gasteiger partial charge in [-0.25, -0.2) is 32.5 Å². The fraction of sp³-hybridized carbons (Fsp3) is 0.436. The molecule has 0 N–H and O–H groups in total. The Hall–Kier alpha value is -5.08. The highest BCUT2D eigenvalue weighted by atomic mass is 19.1. The molecule has 0 aliphatic carbocycles. The van der Waals surface area contributed by atoms with Crippen LogP contribution in [0.4, 0.5) is 20.2 Å². The van der Waals surface area contributed by atoms with Gasteiger partial charge in [0.15, 0.2) is 6.29 Å². The van der Waals surface area contributed by atoms with E-state index in [4.69, 9.17) is 14.2 Å². The number of halogens is 2. The van der Waals surface area contributed by atoms with Crippen LogP contribution in [0.1, 0.15) is 45.7 Å². The first-order valence-electron chi connectivity index (χ1n) is 18.2. The lowest BCUT2D eigenvalue weighted by atomic mass is 9.89. The summed E-state index contributed by atoms with van der Waals surface area (Å²) in [5.41, 5.74) is 1.84. The molecule has 0 radical (unpaired) electrons. The number of hydrogen-bond acceptors (Lipinski definition) is 9. The Morgan fingerprint density at radius 1 is 0.887 bits per heavy atom. The number of rotatable bonds is 13. The highest BCUT2D eigenvalue weighted by molar-refractivity contribution is 5.54. The lowest BCUT2D eigenvalue weighted by Gasteiger charge is -2.37. The standard InChI is InChI=1S/C39H46F2N8O4/c1-5-36(28(4)27(2)3)49-38(50)48(26-44-49)32-9-7-30(8-10-32)45-16-18-46(19-17-45)31-11-13-33(14-12-31)51-21-37-52-23-39(53-37,22-47-25-42-24-43-47)34-15-6-29(40)20-35(34)41/h6-15,20,24-28,36-37H,5,16-19,21-23H2,1-4H3/t28-,36+,37+,39?/m1/s1. The Bertz CT molecular complexity index is 2010. The van der Waals surface area contributed by atoms with Crippen molar-refractivity contribution < 1.29 is 23.0 Å². The van der Waals surface area contributed by atoms with E-state index in [1.165, 1.54) is 29.5 Å². The van der Waals surface area contributed by atoms with E-state index in [0.29, 0.717) is 17.6 Å². The van der Waals surface area contributed by atoms with Gasteiger partial charge in [0, 0.05) is 49.2 Å². The highest BCUT2D eigenvalue weighted by Gasteiger charge is 2.45. The van der Waals surface area contributed by atoms with Crippen molar-refractivity contribution in [3.05, 3.63) is 113 Å². The van der Waals surface area contributed by atoms with Crippen LogP contribution in [0.3, 0.4) is 0 Å². The zero-order valence-corrected chi connectivity index (χ0v) is 30.5. The number of ether oxygens (including phenoxy) is 3. The molecule has 7 rings (SSSR count). The Kier molecular flexibility index (Phi) is 10.6. The Morgan fingerprint density at radius 3 is 2.15 bits per heavy atom. The van der Waals surface area contributed by atoms with Crippen molar-refractivity contribution in [2.45, 2.75) is 58.6 Å². The SMILES string of the molecule is CC[C@@H]([C@H](C)C(C)C)n1ncn(-c2ccc(N3CCN(c4ccc(OC[C@H]5OCC(Cn6cncn6)(c6ccc(F)cc6F)O5)cc4)CC3)cc2)c1=O. The van der Waals surface area contributed by atoms with Crippen LogP contribution < -0.4 is 20.2 Å². The summed E-state index contributed by atoms with van der Waals surface area (Å²) in [4.78, 5) is 22.0. The number of aromatic nitrogens is 6. The number of piperazine rings is 1. The Labute approximate surface area is 307 Å². The molecule has 280 valence electrons. The van der Waals surface area contributed by atoms with E-state index < -0.39 is 23.5 Å². The molecule has 0 bridgehead atoms. The Balaban J connectivity index is 0.921. The van der Waals surface area contributed by atoms with Gasteiger partial charge < -0.3 is 24.0 Å². The van der Waals surface area contributed by atoms with Crippen molar-refractivity contribution in [3.8, 4) is 11.4 Å². The van der Waals surface area contributed by atoms with Crippen LogP contribution >= 0.6 is 0 Å². The van der Waals surface area contributed by atoms with E-state index in [0.717, 1.165) is 55.7 Å². The van der Waals surface area contributed by atoms with Crippen LogP contribution in [-0.4, -0.2) is 74.8 Å². The molecule has 2 aliphatic heterocycles. The minimum Gasteiger partial charge on any atom is -0.488 e. The van der Waals surface area contributed by atoms with Gasteiger partial charge in [-0.05, 0) is 72.9 Å². The Morgan fingerprint density at radius 2 is 1.55 bits per heavy atom. The monoisotopic (exact) mass is 728 g/mol. The fourth-order valence-corrected chi connectivity index (χ4v) is 7.27. The second kappa shape index (κ2) is 15.5. The molecule has 4 atom stereocenters. The summed E-state index contributed by atoms with van der Waals surface area (Å²) in [5, 5.41) is 8.62. The van der Waals surface area contributed by atoms with Gasteiger partial charge in [0.2, 0.25) is 0 Å². The maximum atomic E-state index is 14.9. The third-order valence-corrected chi connectivity index (χ3v) is 10.6. The molecule has 0 spiro atoms. The van der Waals surface area contributed by atoms with E-state index in [2.05, 4.69) is 64.8 Å². The van der Waals surface area contributed by atoms with Crippen molar-refractivity contribution in [2.24, 2.45) is 11.8 Å². The third kappa shape index (κ3) is 7.70. The van der Waals surface area contributed by atoms with Gasteiger partial charge in [0.1, 0.15) is 48.6 Å². The van der Waals surface area contributed by atoms with Gasteiger partial charge in [-0.1, -0.05) is 33.8 Å². The number of anilines is 2. The van der Waals surface area contributed by atoms with E-state index >= 15 is 0 Å². The first-order valence-corrected chi connectivity index (χ1v) is 18.2. The smallest absolute Gasteiger partial charge is 0.350 e. The minimum atomic E-state index is -1.23. The van der Waals surface area contributed by atoms with Crippen molar-refractivity contribution in [1.29, 1.82) is 0 Å². The predicted octanol–water partition coefficient (Wildman–Crippen LogP) is 5.82. The molecule has 2 fully saturated rings. The van der Waals surface area contributed by atoms with Gasteiger partial charge in [0.25, 0.3) is 0 Å². The van der Waals surface area contributed by atoms with Crippen molar-refractivity contribution in [3.63, 3.8) is 0 Å². The first-order chi connectivity index (χ1) is 25.6. The van der Waals surface area contributed by atoms with Gasteiger partial charge >= 0.3 is 5.69 Å². The van der Waals surface area contributed by atoms with Crippen LogP contribution in [0.15, 0.2) is 90.5 Å². The molecule has 4 heterocycles. The van der Waals surface area contributed by atoms with Crippen LogP contribution in [0.5, 0.6) is 5.75 Å². The van der Waals surface area contributed by atoms with Gasteiger partial charge in [-0.2, -0.15) is 10.2 Å². The maximum absolute atomic E-state index is 14.9. The molecule has 1 unspecified atom stereocenters. The molecule has 5 aromatic rings. The summed E-state index contributed by atoms with van der Waals surface area (Å²) in [7, 11) is 0. The molecular formula is C39H46F2N8O4. The molecule has 53 heavy (non-hydrogen) atoms. The fourth-order valence-electron chi connectivity index (χ4n) is 7.27. The van der Waals surface area contributed by atoms with Crippen LogP contribution in [-0.2, 0) is 21.6 Å². The third-order valence-electron chi connectivity index (χ3n) is 10.6. The van der Waals surface area contributed by atoms with Crippen LogP contribution in [0.25, 0.3) is 5.69 Å². The summed E-state index contributed by atoms with van der Waals surface area (Å²) in [5.74, 6) is 0.0395. The van der Waals surface area contributed by atoms with Gasteiger partial charge in [-0.15, -0.1) is 0 Å². The molecule has 0 saturated carbocycles. The number of benzene rings is 3. The minimum absolute atomic E-state index is 0.0293. The van der Waals surface area contributed by atoms with E-state index in [1.54, 1.807) is 15.6 Å². The van der Waals surface area contributed by atoms with E-state index in [-0.39, 0.29) is 37.1 Å². The molecule has 12 nitrogen and oxygen atoms in total. The zero-order valence-electron chi connectivity index (χ0n) is 30.5. The average Bonchev–Trinajstić information content (AvgIpc) is 3.93. The molecule has 2 saturated heterocycles. The highest BCUT2D eigenvalue weighted by Crippen LogP contribution is 2.37. The summed E-state index contributed by atoms with van der Waals surface area (Å²) >= 11 is 0. The lowest BCUT2D eigenvalue weighted by molar-refractivity contribution is -0.117. The molecule has 2 aliphatic rings. The van der Waals surface area contributed by atoms with E-state index in [9.17, 15) is 13.6 Å². The van der Waals surface area contributed by atoms with Crippen molar-refractivity contribution in [1.82, 2.24) is 29.1 Å². The first kappa shape index (κ1) is 36.3. The quantitative estimate of drug-likeness (QED) is 0.148. The molecule has 14 heteroatoms. The molecule has 0 amide bonds. The zero-order chi connectivity index (χ0) is 37.1. The largest absolute Gasteiger partial charge is 0.488 e. The van der Waals surface area contributed by atoms with Crippen molar-refractivity contribution in [2.75, 3.05) is 49.2 Å². The predicted molar refractivity (Wildman–Crippen MR) is 196 cm³/mol. The maximum Gasteiger partial charge on any atom is 0.350 e. The normalized spacial score (nSPS) is 20.2. The summed E-state index contributed by atoms with van der Waals surface area (Å²) < 4.78 is 51.6. The average molecular weight is 729 g/mol. The number of hydrogen-bond donors (Lipinski definition) is 0. The summed E-state index contributed by atoms with van der Waals surface area (Å²) in [6.07, 6.45) is 4.59. The van der Waals surface area contributed by atoms with Gasteiger partial charge in [-0.3, -0.25) is 0 Å². The van der Waals surface area contributed by atoms with Crippen LogP contribution in [0.2, 0.25) is 0 Å². The van der Waals surface area contributed by atoms with Crippen LogP contribution in [0, 0.1) is 23.5 Å². The van der Waals surface area contributed by atoms with Crippen molar-refractivity contribution >= 4 is 11.4 Å². The summed E-state index contributed by atoms with van der Waals surface area (Å²) in [6, 6.07) is 19.5. The molecule has 2 aromatic heterocycles. The van der Waals surface area contributed by atoms with Gasteiger partial charge in [0.05, 0.1) is 24.9 Å².